The Bertz CT molecular complexity index is 331. The zero-order valence-corrected chi connectivity index (χ0v) is 13.0. The van der Waals surface area contributed by atoms with Crippen LogP contribution < -0.4 is 5.32 Å². The lowest BCUT2D eigenvalue weighted by Crippen LogP contribution is -2.48. The van der Waals surface area contributed by atoms with Crippen molar-refractivity contribution in [3.8, 4) is 0 Å². The van der Waals surface area contributed by atoms with Crippen LogP contribution in [0.2, 0.25) is 0 Å². The summed E-state index contributed by atoms with van der Waals surface area (Å²) in [7, 11) is 0. The van der Waals surface area contributed by atoms with Crippen molar-refractivity contribution < 1.29 is 0 Å². The zero-order chi connectivity index (χ0) is 13.8. The average molecular weight is 278 g/mol. The van der Waals surface area contributed by atoms with Gasteiger partial charge in [-0.1, -0.05) is 0 Å². The molecule has 1 N–H and O–H groups in total. The molecule has 0 radical (unpaired) electrons. The molecule has 1 atom stereocenters. The number of hydrogen-bond donors (Lipinski definition) is 1. The predicted octanol–water partition coefficient (Wildman–Crippen LogP) is 1.92. The van der Waals surface area contributed by atoms with Crippen molar-refractivity contribution in [3.05, 3.63) is 0 Å². The molecule has 0 bridgehead atoms. The second kappa shape index (κ2) is 6.79. The smallest absolute Gasteiger partial charge is 0.194 e. The molecule has 1 saturated carbocycles. The van der Waals surface area contributed by atoms with E-state index in [2.05, 4.69) is 22.0 Å². The lowest BCUT2D eigenvalue weighted by atomic mass is 9.93. The molecule has 0 aromatic rings. The van der Waals surface area contributed by atoms with Crippen LogP contribution in [0.15, 0.2) is 4.99 Å². The Balaban J connectivity index is 1.49. The third-order valence-corrected chi connectivity index (χ3v) is 5.05. The van der Waals surface area contributed by atoms with E-state index in [1.54, 1.807) is 0 Å². The quantitative estimate of drug-likeness (QED) is 0.629. The molecule has 0 amide bonds. The van der Waals surface area contributed by atoms with Crippen molar-refractivity contribution in [3.63, 3.8) is 0 Å². The fourth-order valence-electron chi connectivity index (χ4n) is 3.63. The number of rotatable bonds is 4. The first kappa shape index (κ1) is 14.2. The van der Waals surface area contributed by atoms with E-state index in [1.165, 1.54) is 77.2 Å². The van der Waals surface area contributed by atoms with Gasteiger partial charge in [-0.05, 0) is 64.5 Å². The minimum atomic E-state index is 0.693. The summed E-state index contributed by atoms with van der Waals surface area (Å²) in [5, 5.41) is 3.67. The molecule has 2 heterocycles. The summed E-state index contributed by atoms with van der Waals surface area (Å²) in [5.41, 5.74) is 0. The van der Waals surface area contributed by atoms with Crippen molar-refractivity contribution in [1.29, 1.82) is 0 Å². The number of hydrogen-bond acceptors (Lipinski definition) is 2. The Hall–Kier alpha value is -0.770. The maximum absolute atomic E-state index is 4.71. The van der Waals surface area contributed by atoms with Gasteiger partial charge in [-0.25, -0.2) is 0 Å². The maximum Gasteiger partial charge on any atom is 0.194 e. The Kier molecular flexibility index (Phi) is 4.81. The fraction of sp³-hybridized carbons (Fsp3) is 0.938. The number of nitrogens with one attached hydrogen (secondary N) is 1. The molecule has 3 fully saturated rings. The van der Waals surface area contributed by atoms with Gasteiger partial charge < -0.3 is 15.1 Å². The topological polar surface area (TPSA) is 30.9 Å². The lowest BCUT2D eigenvalue weighted by Gasteiger charge is -2.32. The van der Waals surface area contributed by atoms with E-state index in [4.69, 9.17) is 4.99 Å². The number of guanidine groups is 1. The highest BCUT2D eigenvalue weighted by molar-refractivity contribution is 5.80. The van der Waals surface area contributed by atoms with Gasteiger partial charge >= 0.3 is 0 Å². The van der Waals surface area contributed by atoms with Gasteiger partial charge in [-0.2, -0.15) is 0 Å². The van der Waals surface area contributed by atoms with Crippen LogP contribution in [0, 0.1) is 5.92 Å². The normalized spacial score (nSPS) is 28.9. The van der Waals surface area contributed by atoms with Gasteiger partial charge in [0.25, 0.3) is 0 Å². The number of aliphatic imine (C=N–C) groups is 1. The Labute approximate surface area is 123 Å². The standard InChI is InChI=1S/C16H30N4/c1-2-17-16(18-15-6-5-7-15)20-11-8-14(13-20)12-19-9-3-4-10-19/h14-15H,2-13H2,1H3,(H,17,18). The molecule has 3 aliphatic rings. The van der Waals surface area contributed by atoms with Gasteiger partial charge in [0.2, 0.25) is 0 Å². The van der Waals surface area contributed by atoms with Crippen LogP contribution in [0.5, 0.6) is 0 Å². The highest BCUT2D eigenvalue weighted by atomic mass is 15.3. The van der Waals surface area contributed by atoms with E-state index in [0.29, 0.717) is 6.04 Å². The van der Waals surface area contributed by atoms with E-state index < -0.39 is 0 Å². The largest absolute Gasteiger partial charge is 0.354 e. The molecule has 0 aromatic carbocycles. The van der Waals surface area contributed by atoms with Crippen LogP contribution in [0.4, 0.5) is 0 Å². The van der Waals surface area contributed by atoms with Crippen LogP contribution in [-0.2, 0) is 0 Å². The monoisotopic (exact) mass is 278 g/mol. The van der Waals surface area contributed by atoms with Gasteiger partial charge in [0.05, 0.1) is 0 Å². The van der Waals surface area contributed by atoms with Gasteiger partial charge in [0, 0.05) is 32.2 Å². The first-order chi connectivity index (χ1) is 9.85. The van der Waals surface area contributed by atoms with Crippen molar-refractivity contribution in [1.82, 2.24) is 15.1 Å². The van der Waals surface area contributed by atoms with Crippen LogP contribution in [0.3, 0.4) is 0 Å². The van der Waals surface area contributed by atoms with Crippen LogP contribution >= 0.6 is 0 Å². The molecule has 20 heavy (non-hydrogen) atoms. The summed E-state index contributed by atoms with van der Waals surface area (Å²) in [6.45, 7) is 9.38. The Morgan fingerprint density at radius 1 is 1.10 bits per heavy atom. The molecule has 2 saturated heterocycles. The SMILES string of the molecule is CCN=C(NC1CCC1)N1CCC(CN2CCCC2)C1. The molecule has 114 valence electrons. The zero-order valence-electron chi connectivity index (χ0n) is 13.0. The molecule has 1 aliphatic carbocycles. The molecule has 1 unspecified atom stereocenters. The highest BCUT2D eigenvalue weighted by Gasteiger charge is 2.29. The summed E-state index contributed by atoms with van der Waals surface area (Å²) >= 11 is 0. The van der Waals surface area contributed by atoms with E-state index in [1.807, 2.05) is 0 Å². The van der Waals surface area contributed by atoms with E-state index in [-0.39, 0.29) is 0 Å². The minimum Gasteiger partial charge on any atom is -0.354 e. The molecule has 2 aliphatic heterocycles. The number of likely N-dealkylation sites (tertiary alicyclic amines) is 2. The van der Waals surface area contributed by atoms with Gasteiger partial charge in [-0.15, -0.1) is 0 Å². The molecule has 0 spiro atoms. The average Bonchev–Trinajstić information content (AvgIpc) is 3.04. The summed E-state index contributed by atoms with van der Waals surface area (Å²) in [5.74, 6) is 2.03. The third kappa shape index (κ3) is 3.46. The van der Waals surface area contributed by atoms with E-state index >= 15 is 0 Å². The van der Waals surface area contributed by atoms with Crippen LogP contribution in [0.1, 0.15) is 45.4 Å². The first-order valence-electron chi connectivity index (χ1n) is 8.63. The molecule has 4 nitrogen and oxygen atoms in total. The summed E-state index contributed by atoms with van der Waals surface area (Å²) in [6, 6.07) is 0.693. The second-order valence-corrected chi connectivity index (χ2v) is 6.68. The Morgan fingerprint density at radius 3 is 2.55 bits per heavy atom. The highest BCUT2D eigenvalue weighted by Crippen LogP contribution is 2.22. The van der Waals surface area contributed by atoms with Crippen molar-refractivity contribution in [2.24, 2.45) is 10.9 Å². The molecule has 4 heteroatoms. The lowest BCUT2D eigenvalue weighted by molar-refractivity contribution is 0.280. The summed E-state index contributed by atoms with van der Waals surface area (Å²) < 4.78 is 0. The number of nitrogens with zero attached hydrogens (tertiary/aromatic N) is 3. The summed E-state index contributed by atoms with van der Waals surface area (Å²) in [6.07, 6.45) is 8.19. The predicted molar refractivity (Wildman–Crippen MR) is 84.1 cm³/mol. The first-order valence-corrected chi connectivity index (χ1v) is 8.63. The summed E-state index contributed by atoms with van der Waals surface area (Å²) in [4.78, 5) is 9.87. The fourth-order valence-corrected chi connectivity index (χ4v) is 3.63. The van der Waals surface area contributed by atoms with Gasteiger partial charge in [-0.3, -0.25) is 4.99 Å². The Morgan fingerprint density at radius 2 is 1.90 bits per heavy atom. The van der Waals surface area contributed by atoms with Crippen molar-refractivity contribution in [2.45, 2.75) is 51.5 Å². The third-order valence-electron chi connectivity index (χ3n) is 5.05. The molecular weight excluding hydrogens is 248 g/mol. The van der Waals surface area contributed by atoms with Gasteiger partial charge in [0.1, 0.15) is 0 Å². The van der Waals surface area contributed by atoms with E-state index in [9.17, 15) is 0 Å². The van der Waals surface area contributed by atoms with Crippen molar-refractivity contribution >= 4 is 5.96 Å². The minimum absolute atomic E-state index is 0.693. The van der Waals surface area contributed by atoms with Crippen LogP contribution in [0.25, 0.3) is 0 Å². The van der Waals surface area contributed by atoms with Crippen LogP contribution in [-0.4, -0.2) is 61.1 Å². The molecule has 3 rings (SSSR count). The maximum atomic E-state index is 4.71. The van der Waals surface area contributed by atoms with Crippen molar-refractivity contribution in [2.75, 3.05) is 39.3 Å². The molecular formula is C16H30N4. The molecule has 0 aromatic heterocycles. The van der Waals surface area contributed by atoms with E-state index in [0.717, 1.165) is 12.5 Å². The van der Waals surface area contributed by atoms with Gasteiger partial charge in [0.15, 0.2) is 5.96 Å². The second-order valence-electron chi connectivity index (χ2n) is 6.68.